The van der Waals surface area contributed by atoms with E-state index in [0.29, 0.717) is 0 Å². The molecule has 1 atom stereocenters. The zero-order chi connectivity index (χ0) is 11.8. The van der Waals surface area contributed by atoms with Crippen molar-refractivity contribution in [2.45, 2.75) is 63.4 Å². The van der Waals surface area contributed by atoms with E-state index in [-0.39, 0.29) is 17.6 Å². The third kappa shape index (κ3) is 2.66. The highest BCUT2D eigenvalue weighted by atomic mass is 28.3. The maximum absolute atomic E-state index is 11.9. The second-order valence-electron chi connectivity index (χ2n) is 6.38. The van der Waals surface area contributed by atoms with Gasteiger partial charge in [0.25, 0.3) is 0 Å². The standard InChI is InChI=1S/C12H23NO2Si/c1-12(2,3)15-11(14)10-8-16(9-13-10)6-4-5-7-16/h10,13H,4-9H2,1-3H3/t10-/m1/s1. The summed E-state index contributed by atoms with van der Waals surface area (Å²) in [6.45, 7) is 5.80. The molecule has 0 aromatic carbocycles. The highest BCUT2D eigenvalue weighted by molar-refractivity contribution is 6.81. The lowest BCUT2D eigenvalue weighted by Crippen LogP contribution is -2.36. The molecule has 2 heterocycles. The van der Waals surface area contributed by atoms with Crippen LogP contribution in [0.5, 0.6) is 0 Å². The number of esters is 1. The van der Waals surface area contributed by atoms with Gasteiger partial charge in [-0.25, -0.2) is 0 Å². The number of hydrogen-bond donors (Lipinski definition) is 1. The summed E-state index contributed by atoms with van der Waals surface area (Å²) in [6.07, 6.45) is 3.90. The zero-order valence-electron chi connectivity index (χ0n) is 10.6. The molecular formula is C12H23NO2Si. The number of nitrogens with one attached hydrogen (secondary N) is 1. The average Bonchev–Trinajstić information content (AvgIpc) is 2.74. The topological polar surface area (TPSA) is 38.3 Å². The molecule has 16 heavy (non-hydrogen) atoms. The van der Waals surface area contributed by atoms with Crippen molar-refractivity contribution in [3.63, 3.8) is 0 Å². The zero-order valence-corrected chi connectivity index (χ0v) is 11.6. The molecule has 2 aliphatic rings. The Bertz CT molecular complexity index is 279. The molecule has 0 unspecified atom stereocenters. The van der Waals surface area contributed by atoms with Gasteiger partial charge in [0, 0.05) is 0 Å². The largest absolute Gasteiger partial charge is 0.459 e. The van der Waals surface area contributed by atoms with Crippen LogP contribution in [0.15, 0.2) is 0 Å². The Morgan fingerprint density at radius 1 is 1.31 bits per heavy atom. The van der Waals surface area contributed by atoms with E-state index in [1.54, 1.807) is 0 Å². The van der Waals surface area contributed by atoms with Crippen molar-refractivity contribution in [3.05, 3.63) is 0 Å². The summed E-state index contributed by atoms with van der Waals surface area (Å²) in [6, 6.07) is 3.93. The Balaban J connectivity index is 1.91. The number of carbonyl (C=O) groups excluding carboxylic acids is 1. The van der Waals surface area contributed by atoms with Crippen LogP contribution in [-0.4, -0.2) is 31.9 Å². The summed E-state index contributed by atoms with van der Waals surface area (Å²) in [4.78, 5) is 11.9. The minimum Gasteiger partial charge on any atom is -0.459 e. The molecule has 0 aromatic rings. The van der Waals surface area contributed by atoms with Crippen LogP contribution in [0.1, 0.15) is 33.6 Å². The van der Waals surface area contributed by atoms with Gasteiger partial charge in [0.05, 0.1) is 8.07 Å². The first-order valence-corrected chi connectivity index (χ1v) is 9.19. The fourth-order valence-electron chi connectivity index (χ4n) is 2.96. The Hall–Kier alpha value is -0.353. The van der Waals surface area contributed by atoms with Gasteiger partial charge in [0.1, 0.15) is 11.6 Å². The summed E-state index contributed by atoms with van der Waals surface area (Å²) in [5, 5.41) is 3.40. The number of ether oxygens (including phenoxy) is 1. The van der Waals surface area contributed by atoms with Crippen molar-refractivity contribution in [2.75, 3.05) is 6.17 Å². The first-order chi connectivity index (χ1) is 7.40. The lowest BCUT2D eigenvalue weighted by molar-refractivity contribution is -0.156. The summed E-state index contributed by atoms with van der Waals surface area (Å²) in [5.41, 5.74) is -0.355. The molecular weight excluding hydrogens is 218 g/mol. The first kappa shape index (κ1) is 12.1. The highest BCUT2D eigenvalue weighted by Gasteiger charge is 2.45. The van der Waals surface area contributed by atoms with Gasteiger partial charge in [-0.2, -0.15) is 0 Å². The smallest absolute Gasteiger partial charge is 0.323 e. The first-order valence-electron chi connectivity index (χ1n) is 6.37. The van der Waals surface area contributed by atoms with Crippen molar-refractivity contribution in [1.29, 1.82) is 0 Å². The molecule has 0 amide bonds. The molecule has 92 valence electrons. The van der Waals surface area contributed by atoms with E-state index >= 15 is 0 Å². The molecule has 1 spiro atoms. The van der Waals surface area contributed by atoms with Gasteiger partial charge in [-0.3, -0.25) is 4.79 Å². The molecule has 2 aliphatic heterocycles. The van der Waals surface area contributed by atoms with Crippen LogP contribution in [0.4, 0.5) is 0 Å². The van der Waals surface area contributed by atoms with Gasteiger partial charge in [-0.05, 0) is 33.0 Å². The molecule has 2 fully saturated rings. The van der Waals surface area contributed by atoms with Crippen LogP contribution < -0.4 is 5.32 Å². The summed E-state index contributed by atoms with van der Waals surface area (Å²) < 4.78 is 5.45. The molecule has 0 bridgehead atoms. The fraction of sp³-hybridized carbons (Fsp3) is 0.917. The van der Waals surface area contributed by atoms with Gasteiger partial charge >= 0.3 is 5.97 Å². The predicted molar refractivity (Wildman–Crippen MR) is 67.0 cm³/mol. The third-order valence-electron chi connectivity index (χ3n) is 3.72. The molecule has 0 saturated carbocycles. The van der Waals surface area contributed by atoms with Crippen molar-refractivity contribution < 1.29 is 9.53 Å². The molecule has 3 nitrogen and oxygen atoms in total. The van der Waals surface area contributed by atoms with Gasteiger partial charge in [0.15, 0.2) is 0 Å². The van der Waals surface area contributed by atoms with E-state index in [9.17, 15) is 4.79 Å². The molecule has 1 N–H and O–H groups in total. The van der Waals surface area contributed by atoms with E-state index < -0.39 is 8.07 Å². The Labute approximate surface area is 98.9 Å². The van der Waals surface area contributed by atoms with Crippen LogP contribution in [0.3, 0.4) is 0 Å². The Morgan fingerprint density at radius 3 is 2.50 bits per heavy atom. The SMILES string of the molecule is CC(C)(C)OC(=O)[C@H]1C[Si]2(CCCC2)CN1. The van der Waals surface area contributed by atoms with E-state index in [0.717, 1.165) is 12.2 Å². The van der Waals surface area contributed by atoms with Crippen molar-refractivity contribution in [2.24, 2.45) is 0 Å². The highest BCUT2D eigenvalue weighted by Crippen LogP contribution is 2.37. The molecule has 4 heteroatoms. The van der Waals surface area contributed by atoms with Gasteiger partial charge < -0.3 is 10.1 Å². The third-order valence-corrected chi connectivity index (χ3v) is 8.77. The minimum absolute atomic E-state index is 0.0102. The van der Waals surface area contributed by atoms with E-state index in [2.05, 4.69) is 5.32 Å². The van der Waals surface area contributed by atoms with Crippen LogP contribution in [0.2, 0.25) is 18.1 Å². The summed E-state index contributed by atoms with van der Waals surface area (Å²) >= 11 is 0. The number of rotatable bonds is 1. The summed E-state index contributed by atoms with van der Waals surface area (Å²) in [7, 11) is -1.08. The molecule has 0 aromatic heterocycles. The van der Waals surface area contributed by atoms with E-state index in [1.165, 1.54) is 24.9 Å². The lowest BCUT2D eigenvalue weighted by Gasteiger charge is -2.23. The maximum atomic E-state index is 11.9. The molecule has 0 aliphatic carbocycles. The van der Waals surface area contributed by atoms with Gasteiger partial charge in [-0.15, -0.1) is 0 Å². The minimum atomic E-state index is -1.08. The van der Waals surface area contributed by atoms with Crippen LogP contribution >= 0.6 is 0 Å². The average molecular weight is 241 g/mol. The molecule has 2 rings (SSSR count). The van der Waals surface area contributed by atoms with Crippen LogP contribution in [0, 0.1) is 0 Å². The van der Waals surface area contributed by atoms with Crippen molar-refractivity contribution in [3.8, 4) is 0 Å². The van der Waals surface area contributed by atoms with Crippen LogP contribution in [-0.2, 0) is 9.53 Å². The second-order valence-corrected chi connectivity index (χ2v) is 11.1. The number of hydrogen-bond acceptors (Lipinski definition) is 3. The van der Waals surface area contributed by atoms with Crippen molar-refractivity contribution >= 4 is 14.0 Å². The van der Waals surface area contributed by atoms with E-state index in [1.807, 2.05) is 20.8 Å². The molecule has 0 radical (unpaired) electrons. The Kier molecular flexibility index (Phi) is 3.14. The monoisotopic (exact) mass is 241 g/mol. The lowest BCUT2D eigenvalue weighted by atomic mass is 10.2. The van der Waals surface area contributed by atoms with E-state index in [4.69, 9.17) is 4.74 Å². The second kappa shape index (κ2) is 4.15. The Morgan fingerprint density at radius 2 is 1.94 bits per heavy atom. The quantitative estimate of drug-likeness (QED) is 0.564. The maximum Gasteiger partial charge on any atom is 0.323 e. The van der Waals surface area contributed by atoms with Gasteiger partial charge in [0.2, 0.25) is 0 Å². The molecule has 2 saturated heterocycles. The van der Waals surface area contributed by atoms with Gasteiger partial charge in [-0.1, -0.05) is 24.9 Å². The number of carbonyl (C=O) groups is 1. The van der Waals surface area contributed by atoms with Crippen molar-refractivity contribution in [1.82, 2.24) is 5.32 Å². The predicted octanol–water partition coefficient (Wildman–Crippen LogP) is 2.08. The normalized spacial score (nSPS) is 28.6. The fourth-order valence-corrected chi connectivity index (χ4v) is 7.98. The van der Waals surface area contributed by atoms with Crippen LogP contribution in [0.25, 0.3) is 0 Å². The summed E-state index contributed by atoms with van der Waals surface area (Å²) in [5.74, 6) is -0.0382.